The van der Waals surface area contributed by atoms with Gasteiger partial charge >= 0.3 is 0 Å². The fraction of sp³-hybridized carbons (Fsp3) is 0.389. The summed E-state index contributed by atoms with van der Waals surface area (Å²) in [6.45, 7) is 2.34. The summed E-state index contributed by atoms with van der Waals surface area (Å²) in [5, 5.41) is 12.7. The molecule has 2 aliphatic rings. The average molecular weight is 380 g/mol. The monoisotopic (exact) mass is 379 g/mol. The summed E-state index contributed by atoms with van der Waals surface area (Å²) in [5.74, 6) is 0.382. The van der Waals surface area contributed by atoms with Gasteiger partial charge in [0.05, 0.1) is 42.2 Å². The van der Waals surface area contributed by atoms with Gasteiger partial charge in [-0.1, -0.05) is 53.5 Å². The molecule has 1 aromatic carbocycles. The third kappa shape index (κ3) is 3.23. The summed E-state index contributed by atoms with van der Waals surface area (Å²) in [6.07, 6.45) is 1.75. The van der Waals surface area contributed by atoms with E-state index in [0.29, 0.717) is 22.7 Å². The van der Waals surface area contributed by atoms with Crippen molar-refractivity contribution in [1.29, 1.82) is 0 Å². The highest BCUT2D eigenvalue weighted by molar-refractivity contribution is 6.41. The van der Waals surface area contributed by atoms with Crippen LogP contribution >= 0.6 is 23.2 Å². The molecule has 0 radical (unpaired) electrons. The van der Waals surface area contributed by atoms with E-state index < -0.39 is 0 Å². The van der Waals surface area contributed by atoms with Crippen molar-refractivity contribution in [2.75, 3.05) is 31.2 Å². The number of pyridine rings is 1. The molecular weight excluding hydrogens is 361 g/mol. The van der Waals surface area contributed by atoms with Gasteiger partial charge in [0.15, 0.2) is 0 Å². The SMILES string of the molecule is OC[C@H](c1ccccc1)N1OCC2CN(c3cnc(Cl)c(Cl)c3)CC21. The number of nitrogens with zero attached hydrogens (tertiary/aromatic N) is 3. The Kier molecular flexibility index (Phi) is 4.84. The second-order valence-electron chi connectivity index (χ2n) is 6.46. The van der Waals surface area contributed by atoms with Gasteiger partial charge in [0.25, 0.3) is 0 Å². The fourth-order valence-electron chi connectivity index (χ4n) is 3.71. The lowest BCUT2D eigenvalue weighted by atomic mass is 10.0. The van der Waals surface area contributed by atoms with Crippen LogP contribution < -0.4 is 4.90 Å². The van der Waals surface area contributed by atoms with Crippen LogP contribution in [0.25, 0.3) is 0 Å². The minimum absolute atomic E-state index is 0.0154. The molecule has 0 spiro atoms. The molecule has 0 aliphatic carbocycles. The summed E-state index contributed by atoms with van der Waals surface area (Å²) in [7, 11) is 0. The molecule has 2 aromatic rings. The van der Waals surface area contributed by atoms with E-state index in [9.17, 15) is 5.11 Å². The molecule has 3 heterocycles. The highest BCUT2D eigenvalue weighted by Gasteiger charge is 2.45. The highest BCUT2D eigenvalue weighted by atomic mass is 35.5. The van der Waals surface area contributed by atoms with E-state index in [2.05, 4.69) is 9.88 Å². The minimum atomic E-state index is -0.164. The summed E-state index contributed by atoms with van der Waals surface area (Å²) in [4.78, 5) is 12.3. The summed E-state index contributed by atoms with van der Waals surface area (Å²) in [5.41, 5.74) is 2.02. The number of benzene rings is 1. The number of rotatable bonds is 4. The molecule has 132 valence electrons. The van der Waals surface area contributed by atoms with E-state index in [1.165, 1.54) is 0 Å². The molecule has 2 fully saturated rings. The van der Waals surface area contributed by atoms with Crippen LogP contribution in [0.1, 0.15) is 11.6 Å². The van der Waals surface area contributed by atoms with Crippen LogP contribution in [0.4, 0.5) is 5.69 Å². The van der Waals surface area contributed by atoms with Gasteiger partial charge in [0, 0.05) is 19.0 Å². The molecule has 25 heavy (non-hydrogen) atoms. The number of halogens is 2. The van der Waals surface area contributed by atoms with E-state index in [0.717, 1.165) is 24.3 Å². The zero-order chi connectivity index (χ0) is 17.4. The first-order valence-corrected chi connectivity index (χ1v) is 9.06. The van der Waals surface area contributed by atoms with Crippen molar-refractivity contribution in [3.63, 3.8) is 0 Å². The van der Waals surface area contributed by atoms with E-state index >= 15 is 0 Å². The van der Waals surface area contributed by atoms with Crippen molar-refractivity contribution in [3.05, 3.63) is 58.3 Å². The van der Waals surface area contributed by atoms with Crippen LogP contribution in [0.5, 0.6) is 0 Å². The third-order valence-electron chi connectivity index (χ3n) is 4.98. The van der Waals surface area contributed by atoms with Gasteiger partial charge < -0.3 is 10.0 Å². The summed E-state index contributed by atoms with van der Waals surface area (Å²) in [6, 6.07) is 11.9. The molecule has 1 aromatic heterocycles. The van der Waals surface area contributed by atoms with Gasteiger partial charge in [-0.2, -0.15) is 5.06 Å². The minimum Gasteiger partial charge on any atom is -0.394 e. The average Bonchev–Trinajstić information content (AvgIpc) is 3.21. The Balaban J connectivity index is 1.54. The molecule has 5 nitrogen and oxygen atoms in total. The predicted molar refractivity (Wildman–Crippen MR) is 97.8 cm³/mol. The second-order valence-corrected chi connectivity index (χ2v) is 7.23. The first-order chi connectivity index (χ1) is 12.2. The second kappa shape index (κ2) is 7.09. The molecule has 0 saturated carbocycles. The molecule has 2 saturated heterocycles. The Hall–Kier alpha value is -1.37. The lowest BCUT2D eigenvalue weighted by Gasteiger charge is -2.30. The van der Waals surface area contributed by atoms with E-state index in [1.54, 1.807) is 6.20 Å². The maximum Gasteiger partial charge on any atom is 0.147 e. The Bertz CT molecular complexity index is 746. The number of aliphatic hydroxyl groups is 1. The van der Waals surface area contributed by atoms with Gasteiger partial charge in [0.2, 0.25) is 0 Å². The van der Waals surface area contributed by atoms with Crippen LogP contribution in [-0.4, -0.2) is 47.5 Å². The topological polar surface area (TPSA) is 48.8 Å². The van der Waals surface area contributed by atoms with E-state index in [1.807, 2.05) is 41.5 Å². The van der Waals surface area contributed by atoms with Crippen molar-refractivity contribution in [1.82, 2.24) is 10.0 Å². The fourth-order valence-corrected chi connectivity index (χ4v) is 3.97. The molecule has 2 unspecified atom stereocenters. The van der Waals surface area contributed by atoms with Gasteiger partial charge in [-0.05, 0) is 11.6 Å². The van der Waals surface area contributed by atoms with Crippen molar-refractivity contribution < 1.29 is 9.94 Å². The first kappa shape index (κ1) is 17.1. The molecular formula is C18H19Cl2N3O2. The van der Waals surface area contributed by atoms with E-state index in [4.69, 9.17) is 28.0 Å². The third-order valence-corrected chi connectivity index (χ3v) is 5.67. The highest BCUT2D eigenvalue weighted by Crippen LogP contribution is 2.37. The number of hydroxylamine groups is 2. The zero-order valence-electron chi connectivity index (χ0n) is 13.6. The maximum atomic E-state index is 9.93. The quantitative estimate of drug-likeness (QED) is 0.826. The Morgan fingerprint density at radius 1 is 1.24 bits per heavy atom. The van der Waals surface area contributed by atoms with Crippen LogP contribution in [0, 0.1) is 5.92 Å². The number of hydrogen-bond donors (Lipinski definition) is 1. The van der Waals surface area contributed by atoms with Gasteiger partial charge in [-0.3, -0.25) is 4.84 Å². The Morgan fingerprint density at radius 3 is 2.76 bits per heavy atom. The van der Waals surface area contributed by atoms with Crippen molar-refractivity contribution >= 4 is 28.9 Å². The Labute approximate surface area is 156 Å². The van der Waals surface area contributed by atoms with Crippen molar-refractivity contribution in [2.45, 2.75) is 12.1 Å². The predicted octanol–water partition coefficient (Wildman–Crippen LogP) is 3.17. The van der Waals surface area contributed by atoms with Gasteiger partial charge in [-0.15, -0.1) is 0 Å². The van der Waals surface area contributed by atoms with Gasteiger partial charge in [-0.25, -0.2) is 4.98 Å². The van der Waals surface area contributed by atoms with Crippen LogP contribution in [0.3, 0.4) is 0 Å². The van der Waals surface area contributed by atoms with Gasteiger partial charge in [0.1, 0.15) is 5.15 Å². The smallest absolute Gasteiger partial charge is 0.147 e. The largest absolute Gasteiger partial charge is 0.394 e. The molecule has 4 rings (SSSR count). The normalized spacial score (nSPS) is 24.5. The Morgan fingerprint density at radius 2 is 2.04 bits per heavy atom. The number of aromatic nitrogens is 1. The van der Waals surface area contributed by atoms with Crippen molar-refractivity contribution in [3.8, 4) is 0 Å². The summed E-state index contributed by atoms with van der Waals surface area (Å²) >= 11 is 12.0. The first-order valence-electron chi connectivity index (χ1n) is 8.30. The summed E-state index contributed by atoms with van der Waals surface area (Å²) < 4.78 is 0. The van der Waals surface area contributed by atoms with E-state index in [-0.39, 0.29) is 18.7 Å². The molecule has 0 bridgehead atoms. The van der Waals surface area contributed by atoms with Crippen LogP contribution in [0.15, 0.2) is 42.6 Å². The number of anilines is 1. The van der Waals surface area contributed by atoms with Crippen LogP contribution in [-0.2, 0) is 4.84 Å². The molecule has 1 N–H and O–H groups in total. The molecule has 7 heteroatoms. The standard InChI is InChI=1S/C18H19Cl2N3O2/c19-15-6-14(7-21-18(15)20)22-8-13-11-25-23(16(13)9-22)17(10-24)12-4-2-1-3-5-12/h1-7,13,16-17,24H,8-11H2/t13?,16?,17-/m1/s1. The zero-order valence-corrected chi connectivity index (χ0v) is 15.1. The number of hydrogen-bond acceptors (Lipinski definition) is 5. The molecule has 0 amide bonds. The molecule has 2 aliphatic heterocycles. The lowest BCUT2D eigenvalue weighted by molar-refractivity contribution is -0.171. The van der Waals surface area contributed by atoms with Crippen molar-refractivity contribution in [2.24, 2.45) is 5.92 Å². The number of aliphatic hydroxyl groups excluding tert-OH is 1. The lowest BCUT2D eigenvalue weighted by Crippen LogP contribution is -2.38. The molecule has 3 atom stereocenters. The maximum absolute atomic E-state index is 9.93. The van der Waals surface area contributed by atoms with Crippen LogP contribution in [0.2, 0.25) is 10.2 Å². The number of fused-ring (bicyclic) bond motifs is 1.